The Labute approximate surface area is 209 Å². The smallest absolute Gasteiger partial charge is 0.202 e. The third-order valence-electron chi connectivity index (χ3n) is 8.00. The van der Waals surface area contributed by atoms with E-state index in [4.69, 9.17) is 4.42 Å². The van der Waals surface area contributed by atoms with Crippen LogP contribution in [0.15, 0.2) is 45.8 Å². The molecule has 1 aliphatic heterocycles. The van der Waals surface area contributed by atoms with E-state index in [0.717, 1.165) is 34.3 Å². The molecule has 3 heterocycles. The first-order valence-corrected chi connectivity index (χ1v) is 13.4. The zero-order chi connectivity index (χ0) is 24.5. The maximum Gasteiger partial charge on any atom is 0.202 e. The van der Waals surface area contributed by atoms with Gasteiger partial charge >= 0.3 is 0 Å². The average molecular weight is 489 g/mol. The lowest BCUT2D eigenvalue weighted by Gasteiger charge is -2.40. The van der Waals surface area contributed by atoms with Gasteiger partial charge in [-0.15, -0.1) is 11.3 Å². The summed E-state index contributed by atoms with van der Waals surface area (Å²) in [5.74, 6) is 0.266. The predicted octanol–water partition coefficient (Wildman–Crippen LogP) is 6.74. The van der Waals surface area contributed by atoms with Crippen molar-refractivity contribution in [2.75, 3.05) is 6.54 Å². The number of phenolic OH excluding ortho intramolecular Hbond substituents is 1. The monoisotopic (exact) mass is 488 g/mol. The van der Waals surface area contributed by atoms with Crippen molar-refractivity contribution in [3.05, 3.63) is 57.9 Å². The summed E-state index contributed by atoms with van der Waals surface area (Å²) >= 11 is 1.50. The largest absolute Gasteiger partial charge is 0.507 e. The Morgan fingerprint density at radius 1 is 1.23 bits per heavy atom. The van der Waals surface area contributed by atoms with Crippen LogP contribution < -0.4 is 5.43 Å². The number of para-hydroxylation sites is 1. The van der Waals surface area contributed by atoms with E-state index in [1.807, 2.05) is 37.3 Å². The summed E-state index contributed by atoms with van der Waals surface area (Å²) in [5, 5.41) is 12.4. The van der Waals surface area contributed by atoms with Gasteiger partial charge in [-0.05, 0) is 60.3 Å². The van der Waals surface area contributed by atoms with Gasteiger partial charge in [0.25, 0.3) is 0 Å². The van der Waals surface area contributed by atoms with Crippen molar-refractivity contribution in [2.45, 2.75) is 66.0 Å². The highest BCUT2D eigenvalue weighted by molar-refractivity contribution is 7.21. The summed E-state index contributed by atoms with van der Waals surface area (Å²) < 4.78 is 7.19. The van der Waals surface area contributed by atoms with Crippen LogP contribution in [0.25, 0.3) is 31.8 Å². The molecule has 1 saturated carbocycles. The Bertz CT molecular complexity index is 1480. The van der Waals surface area contributed by atoms with E-state index in [0.29, 0.717) is 51.4 Å². The van der Waals surface area contributed by atoms with E-state index in [-0.39, 0.29) is 11.2 Å². The molecule has 2 aliphatic rings. The molecule has 6 heteroatoms. The number of fused-ring (bicyclic) bond motifs is 4. The molecule has 4 aromatic rings. The highest BCUT2D eigenvalue weighted by Crippen LogP contribution is 2.53. The lowest BCUT2D eigenvalue weighted by atomic mass is 9.65. The molecule has 182 valence electrons. The molecule has 1 aliphatic carbocycles. The molecule has 6 rings (SSSR count). The van der Waals surface area contributed by atoms with Crippen molar-refractivity contribution in [3.8, 4) is 16.3 Å². The standard InChI is InChI=1S/C29H32N2O3S/c1-5-17-10-19-25(33)21(27-30-22-8-6-7-9-23(22)35-27)14-34-26(19)20(24(17)32)13-31-16-29(4)12-18(31)11-28(2,3)15-29/h6-10,14,18,32H,5,11-13,15-16H2,1-4H3. The number of hydrogen-bond acceptors (Lipinski definition) is 6. The van der Waals surface area contributed by atoms with Gasteiger partial charge in [0.2, 0.25) is 5.43 Å². The molecule has 2 bridgehead atoms. The minimum absolute atomic E-state index is 0.0884. The summed E-state index contributed by atoms with van der Waals surface area (Å²) in [6.07, 6.45) is 5.74. The van der Waals surface area contributed by atoms with Crippen molar-refractivity contribution >= 4 is 32.5 Å². The van der Waals surface area contributed by atoms with Crippen LogP contribution in [0.5, 0.6) is 5.75 Å². The molecule has 0 amide bonds. The van der Waals surface area contributed by atoms with Crippen LogP contribution in [-0.2, 0) is 13.0 Å². The number of nitrogens with zero attached hydrogens (tertiary/aromatic N) is 2. The molecule has 0 radical (unpaired) electrons. The van der Waals surface area contributed by atoms with E-state index < -0.39 is 0 Å². The van der Waals surface area contributed by atoms with Gasteiger partial charge in [-0.3, -0.25) is 9.69 Å². The number of thiazole rings is 1. The van der Waals surface area contributed by atoms with Gasteiger partial charge in [-0.1, -0.05) is 39.8 Å². The van der Waals surface area contributed by atoms with Gasteiger partial charge in [0.1, 0.15) is 22.6 Å². The Kier molecular flexibility index (Phi) is 5.14. The first kappa shape index (κ1) is 22.7. The molecule has 2 aromatic carbocycles. The molecule has 2 atom stereocenters. The first-order valence-electron chi connectivity index (χ1n) is 12.6. The molecule has 35 heavy (non-hydrogen) atoms. The number of likely N-dealkylation sites (tertiary alicyclic amines) is 1. The predicted molar refractivity (Wildman–Crippen MR) is 142 cm³/mol. The number of phenols is 1. The molecule has 2 unspecified atom stereocenters. The SMILES string of the molecule is CCc1cc2c(=O)c(-c3nc4ccccc4s3)coc2c(CN2CC3(C)CC2CC(C)(C)C3)c1O. The van der Waals surface area contributed by atoms with Crippen LogP contribution in [0.3, 0.4) is 0 Å². The van der Waals surface area contributed by atoms with Crippen LogP contribution in [0.1, 0.15) is 58.1 Å². The van der Waals surface area contributed by atoms with Crippen LogP contribution in [0.4, 0.5) is 0 Å². The number of aromatic nitrogens is 1. The fourth-order valence-corrected chi connectivity index (χ4v) is 7.88. The molecule has 2 aromatic heterocycles. The third kappa shape index (κ3) is 3.78. The number of aryl methyl sites for hydroxylation is 1. The van der Waals surface area contributed by atoms with Crippen molar-refractivity contribution in [3.63, 3.8) is 0 Å². The third-order valence-corrected chi connectivity index (χ3v) is 9.07. The maximum atomic E-state index is 13.7. The number of benzene rings is 2. The second kappa shape index (κ2) is 7.90. The van der Waals surface area contributed by atoms with Gasteiger partial charge in [0, 0.05) is 19.1 Å². The van der Waals surface area contributed by atoms with Crippen molar-refractivity contribution in [2.24, 2.45) is 10.8 Å². The minimum atomic E-state index is -0.0884. The Morgan fingerprint density at radius 2 is 2.03 bits per heavy atom. The minimum Gasteiger partial charge on any atom is -0.507 e. The summed E-state index contributed by atoms with van der Waals surface area (Å²) in [5.41, 5.74) is 3.90. The first-order chi connectivity index (χ1) is 16.7. The van der Waals surface area contributed by atoms with E-state index in [9.17, 15) is 9.90 Å². The zero-order valence-electron chi connectivity index (χ0n) is 20.9. The van der Waals surface area contributed by atoms with Gasteiger partial charge in [0.15, 0.2) is 0 Å². The van der Waals surface area contributed by atoms with E-state index >= 15 is 0 Å². The molecule has 1 N–H and O–H groups in total. The highest BCUT2D eigenvalue weighted by atomic mass is 32.1. The quantitative estimate of drug-likeness (QED) is 0.345. The van der Waals surface area contributed by atoms with Crippen molar-refractivity contribution < 1.29 is 9.52 Å². The Balaban J connectivity index is 1.46. The van der Waals surface area contributed by atoms with Crippen LogP contribution in [-0.4, -0.2) is 27.6 Å². The van der Waals surface area contributed by atoms with Gasteiger partial charge in [-0.2, -0.15) is 0 Å². The molecule has 0 spiro atoms. The molecule has 2 fully saturated rings. The fourth-order valence-electron chi connectivity index (χ4n) is 6.91. The molecular formula is C29H32N2O3S. The van der Waals surface area contributed by atoms with Gasteiger partial charge in [0.05, 0.1) is 26.7 Å². The van der Waals surface area contributed by atoms with Crippen LogP contribution >= 0.6 is 11.3 Å². The molecular weight excluding hydrogens is 456 g/mol. The zero-order valence-corrected chi connectivity index (χ0v) is 21.7. The highest BCUT2D eigenvalue weighted by Gasteiger charge is 2.49. The Hall–Kier alpha value is -2.70. The summed E-state index contributed by atoms with van der Waals surface area (Å²) in [6.45, 7) is 10.7. The summed E-state index contributed by atoms with van der Waals surface area (Å²) in [4.78, 5) is 20.9. The normalized spacial score (nSPS) is 23.9. The number of hydrogen-bond donors (Lipinski definition) is 1. The lowest BCUT2D eigenvalue weighted by Crippen LogP contribution is -2.34. The lowest BCUT2D eigenvalue weighted by molar-refractivity contribution is 0.126. The maximum absolute atomic E-state index is 13.7. The van der Waals surface area contributed by atoms with Crippen molar-refractivity contribution in [1.82, 2.24) is 9.88 Å². The van der Waals surface area contributed by atoms with E-state index in [1.165, 1.54) is 30.4 Å². The Morgan fingerprint density at radius 3 is 2.80 bits per heavy atom. The van der Waals surface area contributed by atoms with Crippen LogP contribution in [0.2, 0.25) is 0 Å². The van der Waals surface area contributed by atoms with Crippen LogP contribution in [0, 0.1) is 10.8 Å². The van der Waals surface area contributed by atoms with E-state index in [1.54, 1.807) is 0 Å². The summed E-state index contributed by atoms with van der Waals surface area (Å²) in [7, 11) is 0. The van der Waals surface area contributed by atoms with E-state index in [2.05, 4.69) is 30.7 Å². The second-order valence-corrected chi connectivity index (χ2v) is 12.7. The molecule has 5 nitrogen and oxygen atoms in total. The van der Waals surface area contributed by atoms with Gasteiger partial charge < -0.3 is 9.52 Å². The molecule has 1 saturated heterocycles. The topological polar surface area (TPSA) is 66.6 Å². The van der Waals surface area contributed by atoms with Gasteiger partial charge in [-0.25, -0.2) is 4.98 Å². The summed E-state index contributed by atoms with van der Waals surface area (Å²) in [6, 6.07) is 10.2. The average Bonchev–Trinajstić information content (AvgIpc) is 3.32. The number of rotatable bonds is 4. The second-order valence-electron chi connectivity index (χ2n) is 11.7. The fraction of sp³-hybridized carbons (Fsp3) is 0.448. The number of aromatic hydroxyl groups is 1. The van der Waals surface area contributed by atoms with Crippen molar-refractivity contribution in [1.29, 1.82) is 0 Å².